The zero-order valence-corrected chi connectivity index (χ0v) is 12.3. The van der Waals surface area contributed by atoms with Gasteiger partial charge in [0.1, 0.15) is 0 Å². The van der Waals surface area contributed by atoms with Gasteiger partial charge in [0.2, 0.25) is 0 Å². The summed E-state index contributed by atoms with van der Waals surface area (Å²) in [5, 5.41) is 2.83. The molecule has 114 valence electrons. The van der Waals surface area contributed by atoms with Crippen molar-refractivity contribution >= 4 is 11.9 Å². The van der Waals surface area contributed by atoms with Crippen molar-refractivity contribution in [3.05, 3.63) is 70.8 Å². The van der Waals surface area contributed by atoms with Gasteiger partial charge in [-0.1, -0.05) is 24.3 Å². The second-order valence-corrected chi connectivity index (χ2v) is 4.78. The molecule has 0 spiro atoms. The van der Waals surface area contributed by atoms with Crippen molar-refractivity contribution < 1.29 is 14.3 Å². The average molecular weight is 298 g/mol. The number of esters is 1. The minimum atomic E-state index is -0.380. The van der Waals surface area contributed by atoms with Gasteiger partial charge in [0, 0.05) is 18.7 Å². The molecule has 22 heavy (non-hydrogen) atoms. The van der Waals surface area contributed by atoms with Crippen molar-refractivity contribution in [3.8, 4) is 0 Å². The highest BCUT2D eigenvalue weighted by Gasteiger charge is 2.07. The molecule has 0 heterocycles. The molecule has 2 aromatic carbocycles. The molecule has 0 aliphatic rings. The molecule has 0 aliphatic carbocycles. The van der Waals surface area contributed by atoms with Crippen LogP contribution in [0.2, 0.25) is 0 Å². The van der Waals surface area contributed by atoms with Gasteiger partial charge in [-0.15, -0.1) is 0 Å². The van der Waals surface area contributed by atoms with Crippen molar-refractivity contribution in [2.45, 2.75) is 13.1 Å². The first-order valence-corrected chi connectivity index (χ1v) is 6.88. The van der Waals surface area contributed by atoms with E-state index >= 15 is 0 Å². The molecule has 5 heteroatoms. The van der Waals surface area contributed by atoms with Crippen molar-refractivity contribution in [1.29, 1.82) is 0 Å². The van der Waals surface area contributed by atoms with Gasteiger partial charge >= 0.3 is 5.97 Å². The van der Waals surface area contributed by atoms with E-state index < -0.39 is 0 Å². The zero-order chi connectivity index (χ0) is 15.9. The summed E-state index contributed by atoms with van der Waals surface area (Å²) in [5.41, 5.74) is 8.43. The van der Waals surface area contributed by atoms with Crippen LogP contribution in [0.3, 0.4) is 0 Å². The molecule has 5 nitrogen and oxygen atoms in total. The van der Waals surface area contributed by atoms with E-state index in [1.807, 2.05) is 12.1 Å². The Morgan fingerprint density at radius 3 is 2.41 bits per heavy atom. The number of nitrogens with two attached hydrogens (primary N) is 1. The first kappa shape index (κ1) is 15.7. The highest BCUT2D eigenvalue weighted by Crippen LogP contribution is 2.07. The highest BCUT2D eigenvalue weighted by molar-refractivity contribution is 5.94. The molecular weight excluding hydrogens is 280 g/mol. The molecule has 0 unspecified atom stereocenters. The van der Waals surface area contributed by atoms with Gasteiger partial charge in [0.05, 0.1) is 12.7 Å². The fourth-order valence-electron chi connectivity index (χ4n) is 2.00. The number of methoxy groups -OCH3 is 1. The summed E-state index contributed by atoms with van der Waals surface area (Å²) in [5.74, 6) is -0.540. The first-order chi connectivity index (χ1) is 10.6. The summed E-state index contributed by atoms with van der Waals surface area (Å²) in [7, 11) is 1.34. The van der Waals surface area contributed by atoms with Crippen molar-refractivity contribution in [2.24, 2.45) is 5.73 Å². The predicted molar refractivity (Wildman–Crippen MR) is 83.3 cm³/mol. The highest BCUT2D eigenvalue weighted by atomic mass is 16.5. The minimum Gasteiger partial charge on any atom is -0.465 e. The monoisotopic (exact) mass is 298 g/mol. The average Bonchev–Trinajstić information content (AvgIpc) is 2.59. The Hall–Kier alpha value is -2.66. The molecule has 0 aliphatic heterocycles. The Morgan fingerprint density at radius 1 is 1.05 bits per heavy atom. The van der Waals surface area contributed by atoms with Crippen LogP contribution in [-0.2, 0) is 17.8 Å². The molecule has 0 aromatic heterocycles. The molecule has 0 fully saturated rings. The largest absolute Gasteiger partial charge is 0.465 e. The van der Waals surface area contributed by atoms with Gasteiger partial charge in [-0.25, -0.2) is 4.79 Å². The van der Waals surface area contributed by atoms with Crippen LogP contribution in [0.15, 0.2) is 48.5 Å². The van der Waals surface area contributed by atoms with Crippen LogP contribution in [-0.4, -0.2) is 19.0 Å². The third-order valence-electron chi connectivity index (χ3n) is 3.25. The first-order valence-electron chi connectivity index (χ1n) is 6.88. The van der Waals surface area contributed by atoms with E-state index in [4.69, 9.17) is 5.73 Å². The van der Waals surface area contributed by atoms with E-state index in [-0.39, 0.29) is 11.9 Å². The normalized spacial score (nSPS) is 10.1. The Bertz CT molecular complexity index is 666. The standard InChI is InChI=1S/C17H18N2O3/c1-22-17(21)14-7-5-12(6-8-14)11-19-16(20)15-4-2-3-13(9-15)10-18/h2-9H,10-11,18H2,1H3,(H,19,20). The van der Waals surface area contributed by atoms with E-state index in [1.165, 1.54) is 7.11 Å². The van der Waals surface area contributed by atoms with Crippen LogP contribution < -0.4 is 11.1 Å². The summed E-state index contributed by atoms with van der Waals surface area (Å²) < 4.78 is 4.64. The number of benzene rings is 2. The third-order valence-corrected chi connectivity index (χ3v) is 3.25. The van der Waals surface area contributed by atoms with E-state index in [2.05, 4.69) is 10.1 Å². The number of carbonyl (C=O) groups is 2. The third kappa shape index (κ3) is 3.93. The van der Waals surface area contributed by atoms with E-state index in [0.29, 0.717) is 24.2 Å². The maximum absolute atomic E-state index is 12.1. The molecular formula is C17H18N2O3. The van der Waals surface area contributed by atoms with Gasteiger partial charge in [0.15, 0.2) is 0 Å². The zero-order valence-electron chi connectivity index (χ0n) is 12.3. The van der Waals surface area contributed by atoms with Gasteiger partial charge in [-0.05, 0) is 35.4 Å². The van der Waals surface area contributed by atoms with Gasteiger partial charge in [0.25, 0.3) is 5.91 Å². The van der Waals surface area contributed by atoms with Crippen molar-refractivity contribution in [3.63, 3.8) is 0 Å². The minimum absolute atomic E-state index is 0.160. The second kappa shape index (κ2) is 7.38. The van der Waals surface area contributed by atoms with Crippen LogP contribution in [0.4, 0.5) is 0 Å². The Balaban J connectivity index is 1.97. The summed E-state index contributed by atoms with van der Waals surface area (Å²) >= 11 is 0. The smallest absolute Gasteiger partial charge is 0.337 e. The number of amides is 1. The lowest BCUT2D eigenvalue weighted by molar-refractivity contribution is 0.0600. The Labute approximate surface area is 129 Å². The quantitative estimate of drug-likeness (QED) is 0.826. The molecule has 0 atom stereocenters. The fraction of sp³-hybridized carbons (Fsp3) is 0.176. The maximum Gasteiger partial charge on any atom is 0.337 e. The molecule has 0 saturated heterocycles. The number of carbonyl (C=O) groups excluding carboxylic acids is 2. The fourth-order valence-corrected chi connectivity index (χ4v) is 2.00. The van der Waals surface area contributed by atoms with Crippen LogP contribution in [0.5, 0.6) is 0 Å². The van der Waals surface area contributed by atoms with E-state index in [0.717, 1.165) is 11.1 Å². The predicted octanol–water partition coefficient (Wildman–Crippen LogP) is 1.86. The van der Waals surface area contributed by atoms with Gasteiger partial charge in [-0.3, -0.25) is 4.79 Å². The number of nitrogens with one attached hydrogen (secondary N) is 1. The number of ether oxygens (including phenoxy) is 1. The lowest BCUT2D eigenvalue weighted by Crippen LogP contribution is -2.23. The summed E-state index contributed by atoms with van der Waals surface area (Å²) in [4.78, 5) is 23.4. The Kier molecular flexibility index (Phi) is 5.27. The Morgan fingerprint density at radius 2 is 1.77 bits per heavy atom. The molecule has 2 rings (SSSR count). The number of hydrogen-bond donors (Lipinski definition) is 2. The summed E-state index contributed by atoms with van der Waals surface area (Å²) in [6.45, 7) is 0.781. The van der Waals surface area contributed by atoms with Crippen molar-refractivity contribution in [1.82, 2.24) is 5.32 Å². The SMILES string of the molecule is COC(=O)c1ccc(CNC(=O)c2cccc(CN)c2)cc1. The maximum atomic E-state index is 12.1. The lowest BCUT2D eigenvalue weighted by atomic mass is 10.1. The van der Waals surface area contributed by atoms with Crippen LogP contribution in [0.25, 0.3) is 0 Å². The molecule has 0 radical (unpaired) electrons. The molecule has 0 saturated carbocycles. The molecule has 3 N–H and O–H groups in total. The second-order valence-electron chi connectivity index (χ2n) is 4.78. The van der Waals surface area contributed by atoms with Crippen molar-refractivity contribution in [2.75, 3.05) is 7.11 Å². The van der Waals surface area contributed by atoms with Crippen LogP contribution >= 0.6 is 0 Å². The van der Waals surface area contributed by atoms with E-state index in [9.17, 15) is 9.59 Å². The topological polar surface area (TPSA) is 81.4 Å². The molecule has 2 aromatic rings. The van der Waals surface area contributed by atoms with Crippen LogP contribution in [0, 0.1) is 0 Å². The van der Waals surface area contributed by atoms with Gasteiger partial charge in [-0.2, -0.15) is 0 Å². The summed E-state index contributed by atoms with van der Waals surface area (Å²) in [6, 6.07) is 14.1. The number of hydrogen-bond acceptors (Lipinski definition) is 4. The summed E-state index contributed by atoms with van der Waals surface area (Å²) in [6.07, 6.45) is 0. The molecule has 1 amide bonds. The molecule has 0 bridgehead atoms. The van der Waals surface area contributed by atoms with Gasteiger partial charge < -0.3 is 15.8 Å². The lowest BCUT2D eigenvalue weighted by Gasteiger charge is -2.07. The van der Waals surface area contributed by atoms with Crippen LogP contribution in [0.1, 0.15) is 31.8 Å². The number of rotatable bonds is 5. The van der Waals surface area contributed by atoms with E-state index in [1.54, 1.807) is 36.4 Å².